The summed E-state index contributed by atoms with van der Waals surface area (Å²) in [4.78, 5) is 18.9. The molecule has 1 saturated heterocycles. The molecule has 1 aromatic rings. The molecule has 1 aliphatic carbocycles. The van der Waals surface area contributed by atoms with E-state index in [1.165, 1.54) is 32.1 Å². The number of ether oxygens (including phenoxy) is 1. The van der Waals surface area contributed by atoms with Crippen LogP contribution < -0.4 is 16.0 Å². The molecule has 1 aliphatic heterocycles. The van der Waals surface area contributed by atoms with Gasteiger partial charge in [0.25, 0.3) is 0 Å². The van der Waals surface area contributed by atoms with Crippen LogP contribution in [0.1, 0.15) is 57.4 Å². The lowest BCUT2D eigenvalue weighted by Gasteiger charge is -2.48. The number of carbonyl (C=O) groups excluding carboxylic acids is 1. The van der Waals surface area contributed by atoms with Crippen LogP contribution in [0.15, 0.2) is 29.3 Å². The van der Waals surface area contributed by atoms with Gasteiger partial charge in [0.05, 0.1) is 13.2 Å². The molecule has 1 aromatic carbocycles. The number of carbonyl (C=O) groups is 1. The molecule has 0 spiro atoms. The molecule has 31 heavy (non-hydrogen) atoms. The highest BCUT2D eigenvalue weighted by atomic mass is 16.5. The Morgan fingerprint density at radius 3 is 2.65 bits per heavy atom. The molecule has 0 atom stereocenters. The van der Waals surface area contributed by atoms with Gasteiger partial charge in [-0.25, -0.2) is 0 Å². The van der Waals surface area contributed by atoms with E-state index in [1.807, 2.05) is 32.2 Å². The minimum atomic E-state index is 0.0611. The summed E-state index contributed by atoms with van der Waals surface area (Å²) in [7, 11) is 1.82. The average molecular weight is 430 g/mol. The summed E-state index contributed by atoms with van der Waals surface area (Å²) in [6.07, 6.45) is 7.78. The zero-order valence-electron chi connectivity index (χ0n) is 19.2. The lowest BCUT2D eigenvalue weighted by molar-refractivity contribution is -0.116. The molecule has 3 N–H and O–H groups in total. The largest absolute Gasteiger partial charge is 0.379 e. The number of hydrogen-bond donors (Lipinski definition) is 3. The molecule has 0 radical (unpaired) electrons. The van der Waals surface area contributed by atoms with Gasteiger partial charge in [-0.05, 0) is 37.0 Å². The Labute approximate surface area is 187 Å². The SMILES string of the molecule is CCCC(=O)Nc1cccc(CNC(=NC)NCC2(N3CCOCC3)CCCCC2)c1. The van der Waals surface area contributed by atoms with Crippen LogP contribution in [0.5, 0.6) is 0 Å². The number of morpholine rings is 1. The van der Waals surface area contributed by atoms with Gasteiger partial charge in [0, 0.05) is 50.9 Å². The zero-order chi connectivity index (χ0) is 21.9. The van der Waals surface area contributed by atoms with E-state index in [2.05, 4.69) is 31.9 Å². The van der Waals surface area contributed by atoms with Crippen molar-refractivity contribution in [2.24, 2.45) is 4.99 Å². The van der Waals surface area contributed by atoms with Crippen LogP contribution in [0.3, 0.4) is 0 Å². The molecule has 1 heterocycles. The van der Waals surface area contributed by atoms with Gasteiger partial charge >= 0.3 is 0 Å². The molecule has 0 bridgehead atoms. The van der Waals surface area contributed by atoms with Crippen molar-refractivity contribution in [3.8, 4) is 0 Å². The Morgan fingerprint density at radius 1 is 1.16 bits per heavy atom. The van der Waals surface area contributed by atoms with Gasteiger partial charge in [0.1, 0.15) is 0 Å². The second-order valence-electron chi connectivity index (χ2n) is 8.66. The lowest BCUT2D eigenvalue weighted by Crippen LogP contribution is -2.60. The van der Waals surface area contributed by atoms with Crippen molar-refractivity contribution in [1.82, 2.24) is 15.5 Å². The van der Waals surface area contributed by atoms with Crippen molar-refractivity contribution in [2.75, 3.05) is 45.2 Å². The maximum Gasteiger partial charge on any atom is 0.224 e. The number of anilines is 1. The molecule has 7 heteroatoms. The van der Waals surface area contributed by atoms with Crippen molar-refractivity contribution < 1.29 is 9.53 Å². The van der Waals surface area contributed by atoms with E-state index in [4.69, 9.17) is 4.74 Å². The van der Waals surface area contributed by atoms with Crippen LogP contribution in [-0.2, 0) is 16.1 Å². The summed E-state index contributed by atoms with van der Waals surface area (Å²) in [5.41, 5.74) is 2.15. The van der Waals surface area contributed by atoms with Gasteiger partial charge < -0.3 is 20.7 Å². The number of aliphatic imine (C=N–C) groups is 1. The molecule has 0 aromatic heterocycles. The molecule has 0 unspecified atom stereocenters. The van der Waals surface area contributed by atoms with E-state index in [-0.39, 0.29) is 11.4 Å². The Kier molecular flexibility index (Phi) is 9.15. The second-order valence-corrected chi connectivity index (χ2v) is 8.66. The number of hydrogen-bond acceptors (Lipinski definition) is 4. The predicted octanol–water partition coefficient (Wildman–Crippen LogP) is 3.13. The molecule has 1 saturated carbocycles. The Hall–Kier alpha value is -2.12. The molecular formula is C24H39N5O2. The minimum absolute atomic E-state index is 0.0611. The first-order valence-electron chi connectivity index (χ1n) is 11.8. The molecular weight excluding hydrogens is 390 g/mol. The molecule has 1 amide bonds. The first-order valence-corrected chi connectivity index (χ1v) is 11.8. The Bertz CT molecular complexity index is 724. The van der Waals surface area contributed by atoms with Gasteiger partial charge in [-0.15, -0.1) is 0 Å². The number of rotatable bonds is 8. The fourth-order valence-electron chi connectivity index (χ4n) is 4.72. The van der Waals surface area contributed by atoms with Crippen molar-refractivity contribution >= 4 is 17.6 Å². The van der Waals surface area contributed by atoms with Crippen molar-refractivity contribution in [1.29, 1.82) is 0 Å². The van der Waals surface area contributed by atoms with E-state index < -0.39 is 0 Å². The standard InChI is InChI=1S/C24H39N5O2/c1-3-8-22(30)28-21-10-7-9-20(17-21)18-26-23(25-2)27-19-24(11-5-4-6-12-24)29-13-15-31-16-14-29/h7,9-10,17H,3-6,8,11-16,18-19H2,1-2H3,(H,28,30)(H2,25,26,27). The fourth-order valence-corrected chi connectivity index (χ4v) is 4.72. The first kappa shape index (κ1) is 23.5. The number of nitrogens with one attached hydrogen (secondary N) is 3. The lowest BCUT2D eigenvalue weighted by atomic mass is 9.80. The van der Waals surface area contributed by atoms with Crippen molar-refractivity contribution in [2.45, 2.75) is 64.0 Å². The molecule has 7 nitrogen and oxygen atoms in total. The van der Waals surface area contributed by atoms with Gasteiger partial charge in [0.15, 0.2) is 5.96 Å². The summed E-state index contributed by atoms with van der Waals surface area (Å²) in [5.74, 6) is 0.879. The van der Waals surface area contributed by atoms with Crippen molar-refractivity contribution in [3.05, 3.63) is 29.8 Å². The molecule has 2 aliphatic rings. The summed E-state index contributed by atoms with van der Waals surface area (Å²) in [6.45, 7) is 7.27. The van der Waals surface area contributed by atoms with Crippen LogP contribution in [-0.4, -0.2) is 62.2 Å². The van der Waals surface area contributed by atoms with E-state index >= 15 is 0 Å². The van der Waals surface area contributed by atoms with E-state index in [0.29, 0.717) is 13.0 Å². The summed E-state index contributed by atoms with van der Waals surface area (Å²) >= 11 is 0. The van der Waals surface area contributed by atoms with E-state index in [1.54, 1.807) is 0 Å². The fraction of sp³-hybridized carbons (Fsp3) is 0.667. The van der Waals surface area contributed by atoms with Crippen LogP contribution in [0.4, 0.5) is 5.69 Å². The van der Waals surface area contributed by atoms with Crippen LogP contribution in [0.2, 0.25) is 0 Å². The molecule has 2 fully saturated rings. The minimum Gasteiger partial charge on any atom is -0.379 e. The van der Waals surface area contributed by atoms with Gasteiger partial charge in [-0.2, -0.15) is 0 Å². The molecule has 172 valence electrons. The topological polar surface area (TPSA) is 78.0 Å². The van der Waals surface area contributed by atoms with E-state index in [9.17, 15) is 4.79 Å². The highest BCUT2D eigenvalue weighted by Gasteiger charge is 2.38. The highest BCUT2D eigenvalue weighted by molar-refractivity contribution is 5.90. The maximum atomic E-state index is 11.9. The van der Waals surface area contributed by atoms with Crippen LogP contribution in [0, 0.1) is 0 Å². The van der Waals surface area contributed by atoms with Gasteiger partial charge in [0.2, 0.25) is 5.91 Å². The average Bonchev–Trinajstić information content (AvgIpc) is 2.81. The van der Waals surface area contributed by atoms with Crippen molar-refractivity contribution in [3.63, 3.8) is 0 Å². The molecule has 3 rings (SSSR count). The Morgan fingerprint density at radius 2 is 1.94 bits per heavy atom. The summed E-state index contributed by atoms with van der Waals surface area (Å²) in [5, 5.41) is 10.00. The number of amides is 1. The normalized spacial score (nSPS) is 19.6. The number of nitrogens with zero attached hydrogens (tertiary/aromatic N) is 2. The number of benzene rings is 1. The number of guanidine groups is 1. The smallest absolute Gasteiger partial charge is 0.224 e. The highest BCUT2D eigenvalue weighted by Crippen LogP contribution is 2.33. The predicted molar refractivity (Wildman–Crippen MR) is 126 cm³/mol. The quantitative estimate of drug-likeness (QED) is 0.437. The third kappa shape index (κ3) is 6.94. The van der Waals surface area contributed by atoms with Crippen LogP contribution in [0.25, 0.3) is 0 Å². The first-order chi connectivity index (χ1) is 15.1. The maximum absolute atomic E-state index is 11.9. The third-order valence-electron chi connectivity index (χ3n) is 6.42. The van der Waals surface area contributed by atoms with E-state index in [0.717, 1.165) is 56.5 Å². The Balaban J connectivity index is 1.54. The summed E-state index contributed by atoms with van der Waals surface area (Å²) in [6, 6.07) is 7.99. The van der Waals surface area contributed by atoms with Gasteiger partial charge in [-0.3, -0.25) is 14.7 Å². The summed E-state index contributed by atoms with van der Waals surface area (Å²) < 4.78 is 5.59. The zero-order valence-corrected chi connectivity index (χ0v) is 19.2. The third-order valence-corrected chi connectivity index (χ3v) is 6.42. The monoisotopic (exact) mass is 429 g/mol. The van der Waals surface area contributed by atoms with Crippen LogP contribution >= 0.6 is 0 Å². The van der Waals surface area contributed by atoms with Gasteiger partial charge in [-0.1, -0.05) is 38.3 Å². The second kappa shape index (κ2) is 12.1.